The van der Waals surface area contributed by atoms with Gasteiger partial charge in [-0.2, -0.15) is 0 Å². The summed E-state index contributed by atoms with van der Waals surface area (Å²) in [6.45, 7) is 2.41. The first-order valence-corrected chi connectivity index (χ1v) is 6.30. The van der Waals surface area contributed by atoms with Crippen molar-refractivity contribution in [2.45, 2.75) is 13.0 Å². The average Bonchev–Trinajstić information content (AvgIpc) is 2.45. The molecule has 0 aliphatic carbocycles. The van der Waals surface area contributed by atoms with Gasteiger partial charge in [-0.3, -0.25) is 0 Å². The zero-order valence-electron chi connectivity index (χ0n) is 11.0. The molecular weight excluding hydrogens is 240 g/mol. The average molecular weight is 258 g/mol. The van der Waals surface area contributed by atoms with E-state index in [0.717, 1.165) is 17.1 Å². The van der Waals surface area contributed by atoms with E-state index in [0.29, 0.717) is 0 Å². The van der Waals surface area contributed by atoms with Crippen molar-refractivity contribution in [2.75, 3.05) is 13.2 Å². The van der Waals surface area contributed by atoms with Crippen LogP contribution in [-0.4, -0.2) is 24.4 Å². The van der Waals surface area contributed by atoms with Gasteiger partial charge in [0.2, 0.25) is 0 Å². The summed E-state index contributed by atoms with van der Waals surface area (Å²) in [4.78, 5) is 0. The number of aliphatic hydroxyl groups excluding tert-OH is 1. The van der Waals surface area contributed by atoms with Gasteiger partial charge in [0.25, 0.3) is 0 Å². The third-order valence-electron chi connectivity index (χ3n) is 2.71. The normalized spacial score (nSPS) is 11.9. The molecule has 0 bridgehead atoms. The minimum Gasteiger partial charge on any atom is -0.491 e. The van der Waals surface area contributed by atoms with E-state index in [4.69, 9.17) is 9.47 Å². The highest BCUT2D eigenvalue weighted by Gasteiger charge is 2.07. The Bertz CT molecular complexity index is 496. The van der Waals surface area contributed by atoms with E-state index >= 15 is 0 Å². The van der Waals surface area contributed by atoms with Crippen LogP contribution in [0.4, 0.5) is 0 Å². The Morgan fingerprint density at radius 3 is 2.26 bits per heavy atom. The molecule has 1 N–H and O–H groups in total. The number of aryl methyl sites for hydroxylation is 1. The number of benzene rings is 2. The van der Waals surface area contributed by atoms with E-state index in [-0.39, 0.29) is 13.2 Å². The van der Waals surface area contributed by atoms with Gasteiger partial charge < -0.3 is 14.6 Å². The predicted molar refractivity (Wildman–Crippen MR) is 74.6 cm³/mol. The van der Waals surface area contributed by atoms with Crippen molar-refractivity contribution in [1.82, 2.24) is 0 Å². The summed E-state index contributed by atoms with van der Waals surface area (Å²) in [6, 6.07) is 17.2. The molecule has 100 valence electrons. The monoisotopic (exact) mass is 258 g/mol. The molecule has 0 aliphatic rings. The largest absolute Gasteiger partial charge is 0.491 e. The lowest BCUT2D eigenvalue weighted by atomic mass is 10.2. The second-order valence-corrected chi connectivity index (χ2v) is 4.35. The molecule has 0 aliphatic heterocycles. The lowest BCUT2D eigenvalue weighted by Crippen LogP contribution is -2.25. The lowest BCUT2D eigenvalue weighted by molar-refractivity contribution is 0.0624. The molecule has 0 fully saturated rings. The number of aliphatic hydroxyl groups is 1. The molecule has 0 saturated carbocycles. The molecule has 1 unspecified atom stereocenters. The molecule has 0 heterocycles. The number of rotatable bonds is 6. The van der Waals surface area contributed by atoms with Gasteiger partial charge in [-0.05, 0) is 30.7 Å². The van der Waals surface area contributed by atoms with Crippen LogP contribution < -0.4 is 9.47 Å². The number of hydrogen-bond donors (Lipinski definition) is 1. The van der Waals surface area contributed by atoms with Gasteiger partial charge in [0, 0.05) is 0 Å². The smallest absolute Gasteiger partial charge is 0.122 e. The first-order chi connectivity index (χ1) is 9.25. The van der Waals surface area contributed by atoms with Gasteiger partial charge in [-0.1, -0.05) is 36.4 Å². The van der Waals surface area contributed by atoms with Crippen LogP contribution in [0.1, 0.15) is 5.56 Å². The van der Waals surface area contributed by atoms with Crippen LogP contribution in [-0.2, 0) is 0 Å². The van der Waals surface area contributed by atoms with Crippen molar-refractivity contribution in [3.8, 4) is 11.5 Å². The van der Waals surface area contributed by atoms with E-state index in [1.807, 2.05) is 61.5 Å². The van der Waals surface area contributed by atoms with Crippen molar-refractivity contribution in [1.29, 1.82) is 0 Å². The Kier molecular flexibility index (Phi) is 4.81. The number of para-hydroxylation sites is 2. The van der Waals surface area contributed by atoms with Crippen LogP contribution in [0.25, 0.3) is 0 Å². The fraction of sp³-hybridized carbons (Fsp3) is 0.250. The maximum absolute atomic E-state index is 9.81. The van der Waals surface area contributed by atoms with Crippen molar-refractivity contribution in [3.05, 3.63) is 60.2 Å². The minimum atomic E-state index is -0.653. The Morgan fingerprint density at radius 1 is 0.895 bits per heavy atom. The van der Waals surface area contributed by atoms with E-state index in [1.165, 1.54) is 0 Å². The third kappa shape index (κ3) is 4.30. The van der Waals surface area contributed by atoms with Crippen LogP contribution in [0, 0.1) is 6.92 Å². The molecule has 3 heteroatoms. The molecule has 2 rings (SSSR count). The highest BCUT2D eigenvalue weighted by Crippen LogP contribution is 2.16. The van der Waals surface area contributed by atoms with Crippen molar-refractivity contribution >= 4 is 0 Å². The first kappa shape index (κ1) is 13.4. The van der Waals surface area contributed by atoms with Gasteiger partial charge in [0.1, 0.15) is 30.8 Å². The second-order valence-electron chi connectivity index (χ2n) is 4.35. The lowest BCUT2D eigenvalue weighted by Gasteiger charge is -2.14. The van der Waals surface area contributed by atoms with Crippen molar-refractivity contribution in [3.63, 3.8) is 0 Å². The first-order valence-electron chi connectivity index (χ1n) is 6.30. The fourth-order valence-corrected chi connectivity index (χ4v) is 1.66. The molecular formula is C16H18O3. The summed E-state index contributed by atoms with van der Waals surface area (Å²) in [7, 11) is 0. The minimum absolute atomic E-state index is 0.218. The maximum atomic E-state index is 9.81. The van der Waals surface area contributed by atoms with E-state index in [1.54, 1.807) is 0 Å². The molecule has 2 aromatic carbocycles. The molecule has 0 amide bonds. The van der Waals surface area contributed by atoms with Crippen LogP contribution in [0.2, 0.25) is 0 Å². The molecule has 19 heavy (non-hydrogen) atoms. The van der Waals surface area contributed by atoms with Crippen LogP contribution >= 0.6 is 0 Å². The zero-order valence-corrected chi connectivity index (χ0v) is 11.0. The van der Waals surface area contributed by atoms with Gasteiger partial charge >= 0.3 is 0 Å². The number of hydrogen-bond acceptors (Lipinski definition) is 3. The zero-order chi connectivity index (χ0) is 13.5. The Labute approximate surface area is 113 Å². The SMILES string of the molecule is Cc1ccccc1OCC(O)COc1ccccc1. The highest BCUT2D eigenvalue weighted by atomic mass is 16.5. The Morgan fingerprint density at radius 2 is 1.53 bits per heavy atom. The summed E-state index contributed by atoms with van der Waals surface area (Å²) in [5.41, 5.74) is 1.05. The van der Waals surface area contributed by atoms with Crippen LogP contribution in [0.5, 0.6) is 11.5 Å². The molecule has 0 aromatic heterocycles. The van der Waals surface area contributed by atoms with Gasteiger partial charge in [0.15, 0.2) is 0 Å². The van der Waals surface area contributed by atoms with E-state index in [2.05, 4.69) is 0 Å². The summed E-state index contributed by atoms with van der Waals surface area (Å²) in [5.74, 6) is 1.54. The maximum Gasteiger partial charge on any atom is 0.122 e. The van der Waals surface area contributed by atoms with E-state index < -0.39 is 6.10 Å². The topological polar surface area (TPSA) is 38.7 Å². The molecule has 0 saturated heterocycles. The molecule has 1 atom stereocenters. The van der Waals surface area contributed by atoms with Crippen molar-refractivity contribution in [2.24, 2.45) is 0 Å². The Balaban J connectivity index is 1.76. The fourth-order valence-electron chi connectivity index (χ4n) is 1.66. The van der Waals surface area contributed by atoms with Crippen LogP contribution in [0.3, 0.4) is 0 Å². The summed E-state index contributed by atoms with van der Waals surface area (Å²) in [5, 5.41) is 9.81. The summed E-state index contributed by atoms with van der Waals surface area (Å²) < 4.78 is 11.0. The van der Waals surface area contributed by atoms with Crippen molar-refractivity contribution < 1.29 is 14.6 Å². The van der Waals surface area contributed by atoms with Crippen LogP contribution in [0.15, 0.2) is 54.6 Å². The molecule has 2 aromatic rings. The third-order valence-corrected chi connectivity index (χ3v) is 2.71. The number of ether oxygens (including phenoxy) is 2. The van der Waals surface area contributed by atoms with Gasteiger partial charge in [-0.25, -0.2) is 0 Å². The van der Waals surface area contributed by atoms with E-state index in [9.17, 15) is 5.11 Å². The molecule has 0 spiro atoms. The molecule has 3 nitrogen and oxygen atoms in total. The Hall–Kier alpha value is -2.00. The quantitative estimate of drug-likeness (QED) is 0.866. The second kappa shape index (κ2) is 6.81. The standard InChI is InChI=1S/C16H18O3/c1-13-7-5-6-10-16(13)19-12-14(17)11-18-15-8-3-2-4-9-15/h2-10,14,17H,11-12H2,1H3. The molecule has 0 radical (unpaired) electrons. The van der Waals surface area contributed by atoms with Gasteiger partial charge in [0.05, 0.1) is 0 Å². The highest BCUT2D eigenvalue weighted by molar-refractivity contribution is 5.31. The summed E-state index contributed by atoms with van der Waals surface area (Å²) in [6.07, 6.45) is -0.653. The predicted octanol–water partition coefficient (Wildman–Crippen LogP) is 2.81. The summed E-state index contributed by atoms with van der Waals surface area (Å²) >= 11 is 0. The van der Waals surface area contributed by atoms with Gasteiger partial charge in [-0.15, -0.1) is 0 Å².